The number of esters is 1. The average Bonchev–Trinajstić information content (AvgIpc) is 3.34. The van der Waals surface area contributed by atoms with E-state index in [0.717, 1.165) is 0 Å². The maximum atomic E-state index is 12.8. The highest BCUT2D eigenvalue weighted by molar-refractivity contribution is 5.71. The molecule has 3 aromatic rings. The number of hydrogen-bond donors (Lipinski definition) is 0. The van der Waals surface area contributed by atoms with Crippen LogP contribution in [-0.4, -0.2) is 29.5 Å². The molecule has 0 saturated heterocycles. The average molecular weight is 372 g/mol. The third kappa shape index (κ3) is 3.97. The molecule has 1 aliphatic heterocycles. The van der Waals surface area contributed by atoms with Gasteiger partial charge in [-0.15, -0.1) is 0 Å². The van der Waals surface area contributed by atoms with Crippen molar-refractivity contribution in [3.05, 3.63) is 54.2 Å². The van der Waals surface area contributed by atoms with Crippen molar-refractivity contribution in [2.45, 2.75) is 6.61 Å². The zero-order valence-corrected chi connectivity index (χ0v) is 13.9. The Morgan fingerprint density at radius 2 is 1.93 bits per heavy atom. The van der Waals surface area contributed by atoms with Gasteiger partial charge >= 0.3 is 5.97 Å². The molecule has 0 fully saturated rings. The second-order valence-corrected chi connectivity index (χ2v) is 5.48. The SMILES string of the molecule is O=C(COc1ccc(F)cc1)OCc1nc(-c2ccc3c(c2)OCO3)no1. The number of hydrogen-bond acceptors (Lipinski definition) is 8. The molecule has 0 N–H and O–H groups in total. The zero-order valence-electron chi connectivity index (χ0n) is 13.9. The number of carbonyl (C=O) groups excluding carboxylic acids is 1. The number of rotatable bonds is 6. The van der Waals surface area contributed by atoms with Crippen LogP contribution in [0.5, 0.6) is 17.2 Å². The van der Waals surface area contributed by atoms with Gasteiger partial charge in [-0.25, -0.2) is 9.18 Å². The lowest BCUT2D eigenvalue weighted by Crippen LogP contribution is -2.14. The lowest BCUT2D eigenvalue weighted by molar-refractivity contribution is -0.148. The van der Waals surface area contributed by atoms with E-state index in [0.29, 0.717) is 28.6 Å². The number of benzene rings is 2. The third-order valence-electron chi connectivity index (χ3n) is 3.63. The fourth-order valence-electron chi connectivity index (χ4n) is 2.32. The molecular formula is C18H13FN2O6. The van der Waals surface area contributed by atoms with Gasteiger partial charge in [-0.1, -0.05) is 5.16 Å². The van der Waals surface area contributed by atoms with Crippen molar-refractivity contribution < 1.29 is 32.7 Å². The van der Waals surface area contributed by atoms with Crippen LogP contribution in [0.15, 0.2) is 47.0 Å². The van der Waals surface area contributed by atoms with Gasteiger partial charge in [-0.3, -0.25) is 0 Å². The highest BCUT2D eigenvalue weighted by Gasteiger charge is 2.17. The lowest BCUT2D eigenvalue weighted by atomic mass is 10.2. The summed E-state index contributed by atoms with van der Waals surface area (Å²) in [4.78, 5) is 15.9. The first kappa shape index (κ1) is 16.8. The molecule has 9 heteroatoms. The molecule has 0 unspecified atom stereocenters. The van der Waals surface area contributed by atoms with Gasteiger partial charge in [0.2, 0.25) is 12.6 Å². The molecule has 1 aliphatic rings. The first-order chi connectivity index (χ1) is 13.2. The second kappa shape index (κ2) is 7.32. The summed E-state index contributed by atoms with van der Waals surface area (Å²) >= 11 is 0. The van der Waals surface area contributed by atoms with Crippen LogP contribution in [0.1, 0.15) is 5.89 Å². The van der Waals surface area contributed by atoms with E-state index >= 15 is 0 Å². The van der Waals surface area contributed by atoms with Crippen LogP contribution in [0, 0.1) is 5.82 Å². The van der Waals surface area contributed by atoms with Gasteiger partial charge in [0.05, 0.1) is 0 Å². The number of halogens is 1. The van der Waals surface area contributed by atoms with Gasteiger partial charge in [0.25, 0.3) is 5.89 Å². The van der Waals surface area contributed by atoms with Crippen molar-refractivity contribution >= 4 is 5.97 Å². The normalized spacial score (nSPS) is 12.0. The molecule has 0 spiro atoms. The van der Waals surface area contributed by atoms with Crippen LogP contribution >= 0.6 is 0 Å². The Balaban J connectivity index is 1.30. The van der Waals surface area contributed by atoms with Crippen LogP contribution in [0.2, 0.25) is 0 Å². The van der Waals surface area contributed by atoms with Crippen LogP contribution < -0.4 is 14.2 Å². The summed E-state index contributed by atoms with van der Waals surface area (Å²) in [6, 6.07) is 10.6. The van der Waals surface area contributed by atoms with Crippen molar-refractivity contribution in [3.63, 3.8) is 0 Å². The summed E-state index contributed by atoms with van der Waals surface area (Å²) in [6.07, 6.45) is 0. The monoisotopic (exact) mass is 372 g/mol. The molecule has 0 bridgehead atoms. The van der Waals surface area contributed by atoms with E-state index in [1.807, 2.05) is 0 Å². The van der Waals surface area contributed by atoms with E-state index in [-0.39, 0.29) is 31.7 Å². The Hall–Kier alpha value is -3.62. The largest absolute Gasteiger partial charge is 0.482 e. The highest BCUT2D eigenvalue weighted by Crippen LogP contribution is 2.35. The topological polar surface area (TPSA) is 92.9 Å². The molecule has 0 radical (unpaired) electrons. The van der Waals surface area contributed by atoms with Gasteiger partial charge in [-0.05, 0) is 42.5 Å². The first-order valence-corrected chi connectivity index (χ1v) is 7.94. The summed E-state index contributed by atoms with van der Waals surface area (Å²) in [5, 5.41) is 3.85. The minimum atomic E-state index is -0.623. The Bertz CT molecular complexity index is 957. The molecule has 1 aromatic heterocycles. The minimum Gasteiger partial charge on any atom is -0.482 e. The summed E-state index contributed by atoms with van der Waals surface area (Å²) in [7, 11) is 0. The molecule has 27 heavy (non-hydrogen) atoms. The summed E-state index contributed by atoms with van der Waals surface area (Å²) < 4.78 is 38.6. The fourth-order valence-corrected chi connectivity index (χ4v) is 2.32. The lowest BCUT2D eigenvalue weighted by Gasteiger charge is -2.05. The number of nitrogens with zero attached hydrogens (tertiary/aromatic N) is 2. The molecule has 2 heterocycles. The smallest absolute Gasteiger partial charge is 0.344 e. The second-order valence-electron chi connectivity index (χ2n) is 5.48. The molecule has 0 atom stereocenters. The Morgan fingerprint density at radius 3 is 2.78 bits per heavy atom. The van der Waals surface area contributed by atoms with Gasteiger partial charge in [0, 0.05) is 5.56 Å². The molecule has 0 amide bonds. The van der Waals surface area contributed by atoms with Crippen molar-refractivity contribution in [2.24, 2.45) is 0 Å². The summed E-state index contributed by atoms with van der Waals surface area (Å²) in [5.41, 5.74) is 0.681. The van der Waals surface area contributed by atoms with Crippen LogP contribution in [0.25, 0.3) is 11.4 Å². The quantitative estimate of drug-likeness (QED) is 0.610. The van der Waals surface area contributed by atoms with Crippen molar-refractivity contribution in [3.8, 4) is 28.6 Å². The molecule has 2 aromatic carbocycles. The van der Waals surface area contributed by atoms with Gasteiger partial charge in [0.1, 0.15) is 11.6 Å². The minimum absolute atomic E-state index is 0.137. The Morgan fingerprint density at radius 1 is 1.11 bits per heavy atom. The first-order valence-electron chi connectivity index (χ1n) is 7.94. The van der Waals surface area contributed by atoms with E-state index in [2.05, 4.69) is 10.1 Å². The highest BCUT2D eigenvalue weighted by atomic mass is 19.1. The maximum Gasteiger partial charge on any atom is 0.344 e. The number of aromatic nitrogens is 2. The van der Waals surface area contributed by atoms with Crippen LogP contribution in [0.4, 0.5) is 4.39 Å². The summed E-state index contributed by atoms with van der Waals surface area (Å²) in [5.74, 6) is 1.07. The Kier molecular flexibility index (Phi) is 4.56. The maximum absolute atomic E-state index is 12.8. The molecule has 4 rings (SSSR count). The van der Waals surface area contributed by atoms with Gasteiger partial charge in [0.15, 0.2) is 24.7 Å². The van der Waals surface area contributed by atoms with E-state index in [1.54, 1.807) is 18.2 Å². The van der Waals surface area contributed by atoms with Gasteiger partial charge < -0.3 is 23.5 Å². The van der Waals surface area contributed by atoms with Crippen molar-refractivity contribution in [2.75, 3.05) is 13.4 Å². The molecule has 0 saturated carbocycles. The fraction of sp³-hybridized carbons (Fsp3) is 0.167. The number of fused-ring (bicyclic) bond motifs is 1. The third-order valence-corrected chi connectivity index (χ3v) is 3.63. The number of carbonyl (C=O) groups is 1. The van der Waals surface area contributed by atoms with E-state index in [1.165, 1.54) is 24.3 Å². The Labute approximate surface area is 152 Å². The van der Waals surface area contributed by atoms with Gasteiger partial charge in [-0.2, -0.15) is 4.98 Å². The van der Waals surface area contributed by atoms with Crippen LogP contribution in [-0.2, 0) is 16.1 Å². The zero-order chi connectivity index (χ0) is 18.6. The molecule has 0 aliphatic carbocycles. The summed E-state index contributed by atoms with van der Waals surface area (Å²) in [6.45, 7) is -0.343. The van der Waals surface area contributed by atoms with Crippen LogP contribution in [0.3, 0.4) is 0 Å². The van der Waals surface area contributed by atoms with E-state index in [9.17, 15) is 9.18 Å². The van der Waals surface area contributed by atoms with Crippen molar-refractivity contribution in [1.29, 1.82) is 0 Å². The predicted molar refractivity (Wildman–Crippen MR) is 87.5 cm³/mol. The van der Waals surface area contributed by atoms with Crippen molar-refractivity contribution in [1.82, 2.24) is 10.1 Å². The van der Waals surface area contributed by atoms with E-state index in [4.69, 9.17) is 23.5 Å². The molecule has 8 nitrogen and oxygen atoms in total. The molecule has 138 valence electrons. The van der Waals surface area contributed by atoms with E-state index < -0.39 is 5.97 Å². The number of ether oxygens (including phenoxy) is 4. The predicted octanol–water partition coefficient (Wildman–Crippen LogP) is 2.73. The standard InChI is InChI=1S/C18H13FN2O6/c19-12-2-4-13(5-3-12)23-9-17(22)24-8-16-20-18(21-27-16)11-1-6-14-15(7-11)26-10-25-14/h1-7H,8-10H2. The molecular weight excluding hydrogens is 359 g/mol.